The number of nitrogens with two attached hydrogens (primary N) is 1. The first-order valence-corrected chi connectivity index (χ1v) is 13.0. The van der Waals surface area contributed by atoms with E-state index in [4.69, 9.17) is 9.88 Å². The molecule has 2 amide bonds. The molecule has 0 bridgehead atoms. The first-order chi connectivity index (χ1) is 15.6. The van der Waals surface area contributed by atoms with E-state index >= 15 is 0 Å². The van der Waals surface area contributed by atoms with Gasteiger partial charge in [0.2, 0.25) is 21.8 Å². The molecule has 0 aromatic heterocycles. The summed E-state index contributed by atoms with van der Waals surface area (Å²) in [7, 11) is -2.48. The van der Waals surface area contributed by atoms with Crippen LogP contribution in [0.4, 0.5) is 0 Å². The summed E-state index contributed by atoms with van der Waals surface area (Å²) < 4.78 is 28.7. The number of methoxy groups -OCH3 is 1. The summed E-state index contributed by atoms with van der Waals surface area (Å²) >= 11 is 3.42. The van der Waals surface area contributed by atoms with Crippen LogP contribution in [0.2, 0.25) is 0 Å². The van der Waals surface area contributed by atoms with Crippen molar-refractivity contribution in [2.24, 2.45) is 5.14 Å². The van der Waals surface area contributed by atoms with Gasteiger partial charge in [-0.05, 0) is 70.4 Å². The second-order valence-electron chi connectivity index (χ2n) is 8.57. The van der Waals surface area contributed by atoms with Gasteiger partial charge in [-0.2, -0.15) is 0 Å². The lowest BCUT2D eigenvalue weighted by Crippen LogP contribution is -2.60. The largest absolute Gasteiger partial charge is 0.496 e. The van der Waals surface area contributed by atoms with Gasteiger partial charge in [0.15, 0.2) is 4.75 Å². The van der Waals surface area contributed by atoms with Crippen LogP contribution in [-0.2, 0) is 32.5 Å². The van der Waals surface area contributed by atoms with Gasteiger partial charge >= 0.3 is 0 Å². The molecule has 176 valence electrons. The molecule has 0 saturated heterocycles. The van der Waals surface area contributed by atoms with E-state index in [1.807, 2.05) is 36.4 Å². The molecule has 2 aliphatic rings. The second-order valence-corrected chi connectivity index (χ2v) is 11.3. The average Bonchev–Trinajstić information content (AvgIpc) is 3.03. The Kier molecular flexibility index (Phi) is 6.52. The van der Waals surface area contributed by atoms with Gasteiger partial charge < -0.3 is 15.4 Å². The van der Waals surface area contributed by atoms with Crippen LogP contribution in [-0.4, -0.2) is 38.1 Å². The van der Waals surface area contributed by atoms with Gasteiger partial charge in [-0.15, -0.1) is 0 Å². The molecule has 0 spiro atoms. The van der Waals surface area contributed by atoms with Crippen LogP contribution < -0.4 is 20.5 Å². The third kappa shape index (κ3) is 4.51. The molecule has 0 radical (unpaired) electrons. The molecular formula is C23H26BrN3O5S. The van der Waals surface area contributed by atoms with Crippen molar-refractivity contribution in [2.75, 3.05) is 7.11 Å². The fraction of sp³-hybridized carbons (Fsp3) is 0.391. The summed E-state index contributed by atoms with van der Waals surface area (Å²) in [6.45, 7) is 0. The van der Waals surface area contributed by atoms with Crippen LogP contribution in [0.3, 0.4) is 0 Å². The zero-order valence-electron chi connectivity index (χ0n) is 18.1. The van der Waals surface area contributed by atoms with Crippen molar-refractivity contribution in [3.05, 3.63) is 63.6 Å². The zero-order chi connectivity index (χ0) is 23.8. The standard InChI is InChI=1S/C23H26BrN3O5S/c1-32-19-8-7-14(11-17(19)24)12-20(28)26-18-13-15-5-2-3-6-16(15)21(18)27-22(29)23(9-4-10-23)33(25,30)31/h2-3,5-8,11,18,21H,4,9-10,12-13H2,1H3,(H,26,28)(H,27,29)(H2,25,30,31)/t18-,21-/m1/s1. The molecule has 1 saturated carbocycles. The molecule has 10 heteroatoms. The fourth-order valence-corrected chi connectivity index (χ4v) is 6.35. The lowest BCUT2D eigenvalue weighted by atomic mass is 9.83. The summed E-state index contributed by atoms with van der Waals surface area (Å²) in [5.41, 5.74) is 2.67. The minimum Gasteiger partial charge on any atom is -0.496 e. The monoisotopic (exact) mass is 535 g/mol. The number of ether oxygens (including phenoxy) is 1. The molecule has 2 aromatic rings. The van der Waals surface area contributed by atoms with Gasteiger partial charge in [0.05, 0.1) is 30.1 Å². The lowest BCUT2D eigenvalue weighted by Gasteiger charge is -2.39. The molecule has 0 heterocycles. The Labute approximate surface area is 201 Å². The molecule has 8 nitrogen and oxygen atoms in total. The maximum atomic E-state index is 13.1. The Morgan fingerprint density at radius 2 is 1.91 bits per heavy atom. The highest BCUT2D eigenvalue weighted by Gasteiger charge is 2.54. The zero-order valence-corrected chi connectivity index (χ0v) is 20.5. The van der Waals surface area contributed by atoms with Crippen LogP contribution in [0.1, 0.15) is 42.0 Å². The van der Waals surface area contributed by atoms with Crippen molar-refractivity contribution < 1.29 is 22.7 Å². The number of nitrogens with one attached hydrogen (secondary N) is 2. The number of hydrogen-bond acceptors (Lipinski definition) is 5. The van der Waals surface area contributed by atoms with Gasteiger partial charge in [0.25, 0.3) is 0 Å². The fourth-order valence-electron chi connectivity index (χ4n) is 4.58. The van der Waals surface area contributed by atoms with Gasteiger partial charge in [0.1, 0.15) is 5.75 Å². The van der Waals surface area contributed by atoms with E-state index in [0.29, 0.717) is 18.6 Å². The quantitative estimate of drug-likeness (QED) is 0.500. The minimum atomic E-state index is -4.05. The first-order valence-electron chi connectivity index (χ1n) is 10.7. The van der Waals surface area contributed by atoms with E-state index in [1.54, 1.807) is 13.2 Å². The van der Waals surface area contributed by atoms with Crippen molar-refractivity contribution in [3.63, 3.8) is 0 Å². The number of rotatable bonds is 7. The van der Waals surface area contributed by atoms with E-state index in [9.17, 15) is 18.0 Å². The Morgan fingerprint density at radius 1 is 1.18 bits per heavy atom. The molecular weight excluding hydrogens is 510 g/mol. The smallest absolute Gasteiger partial charge is 0.243 e. The third-order valence-electron chi connectivity index (χ3n) is 6.57. The summed E-state index contributed by atoms with van der Waals surface area (Å²) in [6, 6.07) is 12.1. The molecule has 4 N–H and O–H groups in total. The van der Waals surface area contributed by atoms with E-state index in [0.717, 1.165) is 21.2 Å². The Bertz CT molecular complexity index is 1200. The molecule has 2 atom stereocenters. The third-order valence-corrected chi connectivity index (χ3v) is 8.87. The Hall–Kier alpha value is -2.43. The van der Waals surface area contributed by atoms with Gasteiger partial charge in [0, 0.05) is 0 Å². The van der Waals surface area contributed by atoms with Crippen molar-refractivity contribution in [2.45, 2.75) is 48.9 Å². The van der Waals surface area contributed by atoms with Crippen LogP contribution in [0.5, 0.6) is 5.75 Å². The van der Waals surface area contributed by atoms with Crippen molar-refractivity contribution in [1.29, 1.82) is 0 Å². The average molecular weight is 536 g/mol. The number of halogens is 1. The van der Waals surface area contributed by atoms with E-state index in [1.165, 1.54) is 0 Å². The number of amides is 2. The number of carbonyl (C=O) groups is 2. The maximum absolute atomic E-state index is 13.1. The topological polar surface area (TPSA) is 128 Å². The van der Waals surface area contributed by atoms with Crippen LogP contribution in [0.25, 0.3) is 0 Å². The number of benzene rings is 2. The number of hydrogen-bond donors (Lipinski definition) is 3. The van der Waals surface area contributed by atoms with E-state index in [-0.39, 0.29) is 25.2 Å². The Morgan fingerprint density at radius 3 is 2.52 bits per heavy atom. The molecule has 33 heavy (non-hydrogen) atoms. The minimum absolute atomic E-state index is 0.150. The molecule has 0 unspecified atom stereocenters. The maximum Gasteiger partial charge on any atom is 0.243 e. The van der Waals surface area contributed by atoms with E-state index in [2.05, 4.69) is 26.6 Å². The molecule has 2 aliphatic carbocycles. The molecule has 4 rings (SSSR count). The highest BCUT2D eigenvalue weighted by atomic mass is 79.9. The van der Waals surface area contributed by atoms with Crippen LogP contribution >= 0.6 is 15.9 Å². The predicted octanol–water partition coefficient (Wildman–Crippen LogP) is 2.11. The van der Waals surface area contributed by atoms with Crippen molar-refractivity contribution in [1.82, 2.24) is 10.6 Å². The number of fused-ring (bicyclic) bond motifs is 1. The van der Waals surface area contributed by atoms with Crippen LogP contribution in [0.15, 0.2) is 46.9 Å². The SMILES string of the molecule is COc1ccc(CC(=O)N[C@@H]2Cc3ccccc3[C@H]2NC(=O)C2(S(N)(=O)=O)CCC2)cc1Br. The highest BCUT2D eigenvalue weighted by Crippen LogP contribution is 2.40. The summed E-state index contributed by atoms with van der Waals surface area (Å²) in [5, 5.41) is 11.3. The molecule has 1 fully saturated rings. The molecule has 0 aliphatic heterocycles. The summed E-state index contributed by atoms with van der Waals surface area (Å²) in [4.78, 5) is 25.9. The van der Waals surface area contributed by atoms with Gasteiger partial charge in [-0.1, -0.05) is 30.3 Å². The van der Waals surface area contributed by atoms with Crippen LogP contribution in [0, 0.1) is 0 Å². The summed E-state index contributed by atoms with van der Waals surface area (Å²) in [6.07, 6.45) is 1.71. The van der Waals surface area contributed by atoms with Gasteiger partial charge in [-0.25, -0.2) is 13.6 Å². The number of carbonyl (C=O) groups excluding carboxylic acids is 2. The highest BCUT2D eigenvalue weighted by molar-refractivity contribution is 9.10. The van der Waals surface area contributed by atoms with E-state index < -0.39 is 32.8 Å². The first kappa shape index (κ1) is 23.7. The number of primary sulfonamides is 1. The number of sulfonamides is 1. The normalized spacial score (nSPS) is 20.9. The van der Waals surface area contributed by atoms with Gasteiger partial charge in [-0.3, -0.25) is 9.59 Å². The van der Waals surface area contributed by atoms with Crippen molar-refractivity contribution >= 4 is 37.8 Å². The second kappa shape index (κ2) is 9.08. The Balaban J connectivity index is 1.52. The summed E-state index contributed by atoms with van der Waals surface area (Å²) in [5.74, 6) is -0.127. The predicted molar refractivity (Wildman–Crippen MR) is 127 cm³/mol. The van der Waals surface area contributed by atoms with Crippen molar-refractivity contribution in [3.8, 4) is 5.75 Å². The molecule has 2 aromatic carbocycles. The lowest BCUT2D eigenvalue weighted by molar-refractivity contribution is -0.127.